The van der Waals surface area contributed by atoms with E-state index in [0.29, 0.717) is 0 Å². The Balaban J connectivity index is 1.51. The number of benzene rings is 2. The third-order valence-corrected chi connectivity index (χ3v) is 7.32. The van der Waals surface area contributed by atoms with Gasteiger partial charge in [-0.25, -0.2) is 18.7 Å². The fourth-order valence-corrected chi connectivity index (χ4v) is 5.22. The third-order valence-electron chi connectivity index (χ3n) is 5.83. The predicted octanol–water partition coefficient (Wildman–Crippen LogP) is 3.42. The van der Waals surface area contributed by atoms with Gasteiger partial charge in [-0.1, -0.05) is 0 Å². The molecule has 0 amide bonds. The van der Waals surface area contributed by atoms with Crippen molar-refractivity contribution in [2.75, 3.05) is 17.8 Å². The molecule has 2 aromatic heterocycles. The summed E-state index contributed by atoms with van der Waals surface area (Å²) in [5.74, 6) is -2.31. The van der Waals surface area contributed by atoms with E-state index in [9.17, 15) is 31.6 Å². The third kappa shape index (κ3) is 4.76. The lowest BCUT2D eigenvalue weighted by Crippen LogP contribution is -2.34. The van der Waals surface area contributed by atoms with Crippen molar-refractivity contribution in [3.8, 4) is 23.3 Å². The Labute approximate surface area is 213 Å². The molecule has 3 heterocycles. The number of hydrogen-bond donors (Lipinski definition) is 1. The molecule has 10 nitrogen and oxygen atoms in total. The Bertz CT molecular complexity index is 1760. The van der Waals surface area contributed by atoms with E-state index < -0.39 is 45.0 Å². The molecule has 1 fully saturated rings. The van der Waals surface area contributed by atoms with Crippen LogP contribution in [0.5, 0.6) is 11.5 Å². The van der Waals surface area contributed by atoms with Crippen LogP contribution in [-0.2, 0) is 10.2 Å². The summed E-state index contributed by atoms with van der Waals surface area (Å²) in [6.07, 6.45) is 1.14. The average molecular weight is 542 g/mol. The molecule has 5 rings (SSSR count). The predicted molar refractivity (Wildman–Crippen MR) is 130 cm³/mol. The zero-order valence-electron chi connectivity index (χ0n) is 19.3. The Morgan fingerprint density at radius 1 is 1.13 bits per heavy atom. The SMILES string of the molecule is N#Cc1c(NS(=O)(=O)N2CCC(F)C2)ccc(F)c1Oc1ccc2ncn(-c3ccc(F)nc3)c(=O)c2c1. The number of nitrogens with zero attached hydrogens (tertiary/aromatic N) is 5. The van der Waals surface area contributed by atoms with Crippen LogP contribution in [0.2, 0.25) is 0 Å². The van der Waals surface area contributed by atoms with E-state index in [-0.39, 0.29) is 47.5 Å². The van der Waals surface area contributed by atoms with Crippen molar-refractivity contribution in [2.24, 2.45) is 0 Å². The van der Waals surface area contributed by atoms with Gasteiger partial charge in [0.25, 0.3) is 5.56 Å². The van der Waals surface area contributed by atoms with Crippen LogP contribution in [0.25, 0.3) is 16.6 Å². The van der Waals surface area contributed by atoms with Gasteiger partial charge in [0.2, 0.25) is 5.95 Å². The van der Waals surface area contributed by atoms with Crippen LogP contribution in [0, 0.1) is 23.1 Å². The molecule has 4 aromatic rings. The van der Waals surface area contributed by atoms with E-state index in [2.05, 4.69) is 14.7 Å². The molecule has 194 valence electrons. The molecule has 1 N–H and O–H groups in total. The summed E-state index contributed by atoms with van der Waals surface area (Å²) >= 11 is 0. The van der Waals surface area contributed by atoms with Gasteiger partial charge >= 0.3 is 10.2 Å². The maximum atomic E-state index is 14.8. The number of halogens is 3. The molecule has 1 aliphatic heterocycles. The normalized spacial score (nSPS) is 15.9. The zero-order valence-corrected chi connectivity index (χ0v) is 20.1. The van der Waals surface area contributed by atoms with Crippen LogP contribution >= 0.6 is 0 Å². The number of anilines is 1. The van der Waals surface area contributed by atoms with E-state index in [1.807, 2.05) is 0 Å². The number of ether oxygens (including phenoxy) is 1. The van der Waals surface area contributed by atoms with Crippen LogP contribution in [0.1, 0.15) is 12.0 Å². The summed E-state index contributed by atoms with van der Waals surface area (Å²) in [6.45, 7) is -0.377. The van der Waals surface area contributed by atoms with Crippen molar-refractivity contribution in [3.05, 3.63) is 82.7 Å². The standard InChI is InChI=1S/C24H17F3N6O4S/c25-14-7-8-32(12-14)38(35,36)31-21-5-3-19(26)23(18(21)10-28)37-16-2-4-20-17(9-16)24(34)33(13-30-20)15-1-6-22(27)29-11-15/h1-6,9,11,13-14,31H,7-8,12H2. The maximum absolute atomic E-state index is 14.8. The second kappa shape index (κ2) is 9.77. The minimum atomic E-state index is -4.22. The molecule has 0 spiro atoms. The van der Waals surface area contributed by atoms with E-state index >= 15 is 0 Å². The second-order valence-corrected chi connectivity index (χ2v) is 9.97. The van der Waals surface area contributed by atoms with Crippen LogP contribution in [0.3, 0.4) is 0 Å². The molecule has 2 aromatic carbocycles. The number of nitrogens with one attached hydrogen (secondary N) is 1. The molecule has 38 heavy (non-hydrogen) atoms. The summed E-state index contributed by atoms with van der Waals surface area (Å²) < 4.78 is 76.6. The van der Waals surface area contributed by atoms with Gasteiger partial charge in [-0.05, 0) is 48.9 Å². The summed E-state index contributed by atoms with van der Waals surface area (Å²) in [4.78, 5) is 20.8. The van der Waals surface area contributed by atoms with Gasteiger partial charge in [0.15, 0.2) is 11.6 Å². The van der Waals surface area contributed by atoms with Crippen molar-refractivity contribution in [2.45, 2.75) is 12.6 Å². The fourth-order valence-electron chi connectivity index (χ4n) is 3.94. The van der Waals surface area contributed by atoms with Gasteiger partial charge in [-0.15, -0.1) is 0 Å². The van der Waals surface area contributed by atoms with E-state index in [1.165, 1.54) is 30.6 Å². The molecule has 0 bridgehead atoms. The summed E-state index contributed by atoms with van der Waals surface area (Å²) in [5, 5.41) is 9.77. The highest BCUT2D eigenvalue weighted by Crippen LogP contribution is 2.34. The molecule has 14 heteroatoms. The zero-order chi connectivity index (χ0) is 27.0. The number of aromatic nitrogens is 3. The summed E-state index contributed by atoms with van der Waals surface area (Å²) in [7, 11) is -4.22. The van der Waals surface area contributed by atoms with Gasteiger partial charge < -0.3 is 4.74 Å². The van der Waals surface area contributed by atoms with Crippen molar-refractivity contribution in [3.63, 3.8) is 0 Å². The lowest BCUT2D eigenvalue weighted by atomic mass is 10.1. The minimum Gasteiger partial charge on any atom is -0.453 e. The van der Waals surface area contributed by atoms with Crippen molar-refractivity contribution in [1.82, 2.24) is 18.8 Å². The van der Waals surface area contributed by atoms with Gasteiger partial charge in [0.1, 0.15) is 29.9 Å². The first-order chi connectivity index (χ1) is 18.2. The van der Waals surface area contributed by atoms with Gasteiger partial charge in [-0.2, -0.15) is 22.4 Å². The molecular weight excluding hydrogens is 525 g/mol. The van der Waals surface area contributed by atoms with Gasteiger partial charge in [0.05, 0.1) is 28.5 Å². The van der Waals surface area contributed by atoms with E-state index in [4.69, 9.17) is 4.74 Å². The molecule has 1 aliphatic rings. The number of nitriles is 1. The molecule has 1 saturated heterocycles. The lowest BCUT2D eigenvalue weighted by molar-refractivity contribution is 0.343. The van der Waals surface area contributed by atoms with Crippen LogP contribution in [0.15, 0.2) is 59.8 Å². The van der Waals surface area contributed by atoms with Gasteiger partial charge in [-0.3, -0.25) is 14.1 Å². The van der Waals surface area contributed by atoms with Crippen molar-refractivity contribution < 1.29 is 26.3 Å². The molecule has 1 atom stereocenters. The van der Waals surface area contributed by atoms with Crippen molar-refractivity contribution >= 4 is 26.8 Å². The summed E-state index contributed by atoms with van der Waals surface area (Å²) in [6, 6.07) is 10.2. The quantitative estimate of drug-likeness (QED) is 0.370. The highest BCUT2D eigenvalue weighted by atomic mass is 32.2. The number of pyridine rings is 1. The Kier molecular flexibility index (Phi) is 6.47. The number of alkyl halides is 1. The number of fused-ring (bicyclic) bond motifs is 1. The highest BCUT2D eigenvalue weighted by Gasteiger charge is 2.32. The van der Waals surface area contributed by atoms with Gasteiger partial charge in [0, 0.05) is 13.1 Å². The first kappa shape index (κ1) is 25.2. The van der Waals surface area contributed by atoms with Crippen LogP contribution in [0.4, 0.5) is 18.9 Å². The monoisotopic (exact) mass is 542 g/mol. The Hall–Kier alpha value is -4.48. The Morgan fingerprint density at radius 2 is 1.95 bits per heavy atom. The number of hydrogen-bond acceptors (Lipinski definition) is 7. The molecule has 0 aliphatic carbocycles. The molecule has 0 saturated carbocycles. The van der Waals surface area contributed by atoms with Crippen LogP contribution < -0.4 is 15.0 Å². The maximum Gasteiger partial charge on any atom is 0.301 e. The lowest BCUT2D eigenvalue weighted by Gasteiger charge is -2.18. The van der Waals surface area contributed by atoms with Crippen molar-refractivity contribution in [1.29, 1.82) is 5.26 Å². The smallest absolute Gasteiger partial charge is 0.301 e. The summed E-state index contributed by atoms with van der Waals surface area (Å²) in [5.41, 5.74) is -0.724. The topological polar surface area (TPSA) is 130 Å². The number of rotatable bonds is 6. The van der Waals surface area contributed by atoms with E-state index in [0.717, 1.165) is 33.3 Å². The largest absolute Gasteiger partial charge is 0.453 e. The second-order valence-electron chi connectivity index (χ2n) is 8.30. The van der Waals surface area contributed by atoms with E-state index in [1.54, 1.807) is 6.07 Å². The average Bonchev–Trinajstić information content (AvgIpc) is 3.34. The Morgan fingerprint density at radius 3 is 2.63 bits per heavy atom. The first-order valence-electron chi connectivity index (χ1n) is 11.1. The molecular formula is C24H17F3N6O4S. The van der Waals surface area contributed by atoms with Crippen LogP contribution in [-0.4, -0.2) is 46.5 Å². The molecule has 1 unspecified atom stereocenters. The minimum absolute atomic E-state index is 0.0402. The first-order valence-corrected chi connectivity index (χ1v) is 12.6. The highest BCUT2D eigenvalue weighted by molar-refractivity contribution is 7.90. The molecule has 0 radical (unpaired) electrons. The fraction of sp³-hybridized carbons (Fsp3) is 0.167.